The second kappa shape index (κ2) is 6.67. The maximum absolute atomic E-state index is 12.9. The van der Waals surface area contributed by atoms with Gasteiger partial charge in [0.05, 0.1) is 30.0 Å². The topological polar surface area (TPSA) is 64.6 Å². The number of hydrogen-bond donors (Lipinski definition) is 1. The van der Waals surface area contributed by atoms with E-state index in [4.69, 9.17) is 4.74 Å². The number of ether oxygens (including phenoxy) is 2. The van der Waals surface area contributed by atoms with Gasteiger partial charge in [0.2, 0.25) is 0 Å². The molecule has 0 aliphatic rings. The molecule has 0 aliphatic carbocycles. The van der Waals surface area contributed by atoms with Gasteiger partial charge in [-0.25, -0.2) is 9.59 Å². The summed E-state index contributed by atoms with van der Waals surface area (Å²) in [5.41, 5.74) is -1.63. The second-order valence-corrected chi connectivity index (χ2v) is 4.78. The van der Waals surface area contributed by atoms with Crippen LogP contribution in [0.3, 0.4) is 0 Å². The SMILES string of the molecule is COC(=O)c1cc(C)c(C(F)(F)F)cc1NC(=O)OC(C)C. The standard InChI is InChI=1S/C14H16F3NO4/c1-7(2)22-13(20)18-11-6-10(14(15,16)17)8(3)5-9(11)12(19)21-4/h5-7H,1-4H3,(H,18,20). The molecule has 22 heavy (non-hydrogen) atoms. The van der Waals surface area contributed by atoms with Crippen LogP contribution in [0.2, 0.25) is 0 Å². The minimum atomic E-state index is -4.61. The van der Waals surface area contributed by atoms with Crippen molar-refractivity contribution in [3.05, 3.63) is 28.8 Å². The van der Waals surface area contributed by atoms with Crippen molar-refractivity contribution < 1.29 is 32.2 Å². The van der Waals surface area contributed by atoms with Gasteiger partial charge < -0.3 is 9.47 Å². The van der Waals surface area contributed by atoms with E-state index in [1.807, 2.05) is 0 Å². The molecule has 1 rings (SSSR count). The van der Waals surface area contributed by atoms with E-state index in [1.54, 1.807) is 13.8 Å². The van der Waals surface area contributed by atoms with E-state index in [-0.39, 0.29) is 16.8 Å². The lowest BCUT2D eigenvalue weighted by Gasteiger charge is -2.16. The lowest BCUT2D eigenvalue weighted by Crippen LogP contribution is -2.21. The third kappa shape index (κ3) is 4.37. The van der Waals surface area contributed by atoms with Crippen LogP contribution in [0, 0.1) is 6.92 Å². The maximum Gasteiger partial charge on any atom is 0.416 e. The van der Waals surface area contributed by atoms with Crippen LogP contribution in [0.5, 0.6) is 0 Å². The molecule has 1 aromatic carbocycles. The van der Waals surface area contributed by atoms with Gasteiger partial charge in [0.1, 0.15) is 0 Å². The highest BCUT2D eigenvalue weighted by atomic mass is 19.4. The molecule has 122 valence electrons. The molecule has 0 aliphatic heterocycles. The molecule has 0 aromatic heterocycles. The van der Waals surface area contributed by atoms with E-state index in [1.165, 1.54) is 6.92 Å². The first-order valence-corrected chi connectivity index (χ1v) is 6.34. The third-order valence-electron chi connectivity index (χ3n) is 2.65. The molecule has 0 unspecified atom stereocenters. The van der Waals surface area contributed by atoms with E-state index in [0.29, 0.717) is 6.07 Å². The lowest BCUT2D eigenvalue weighted by molar-refractivity contribution is -0.138. The Balaban J connectivity index is 3.31. The summed E-state index contributed by atoms with van der Waals surface area (Å²) in [5, 5.41) is 2.13. The van der Waals surface area contributed by atoms with Crippen molar-refractivity contribution >= 4 is 17.7 Å². The van der Waals surface area contributed by atoms with Crippen LogP contribution in [-0.4, -0.2) is 25.3 Å². The van der Waals surface area contributed by atoms with Gasteiger partial charge in [0, 0.05) is 0 Å². The third-order valence-corrected chi connectivity index (χ3v) is 2.65. The molecule has 0 saturated heterocycles. The highest BCUT2D eigenvalue weighted by Crippen LogP contribution is 2.35. The number of anilines is 1. The van der Waals surface area contributed by atoms with Crippen LogP contribution in [0.4, 0.5) is 23.7 Å². The normalized spacial score (nSPS) is 11.3. The Morgan fingerprint density at radius 2 is 1.82 bits per heavy atom. The molecule has 0 heterocycles. The van der Waals surface area contributed by atoms with Gasteiger partial charge in [0.25, 0.3) is 0 Å². The Morgan fingerprint density at radius 1 is 1.23 bits per heavy atom. The minimum absolute atomic E-state index is 0.157. The number of aryl methyl sites for hydroxylation is 1. The highest BCUT2D eigenvalue weighted by Gasteiger charge is 2.34. The van der Waals surface area contributed by atoms with Crippen LogP contribution in [0.25, 0.3) is 0 Å². The summed E-state index contributed by atoms with van der Waals surface area (Å²) in [7, 11) is 1.09. The number of carbonyl (C=O) groups is 2. The first-order chi connectivity index (χ1) is 10.1. The first-order valence-electron chi connectivity index (χ1n) is 6.34. The zero-order valence-electron chi connectivity index (χ0n) is 12.5. The number of halogens is 3. The predicted molar refractivity (Wildman–Crippen MR) is 72.8 cm³/mol. The van der Waals surface area contributed by atoms with Crippen molar-refractivity contribution in [1.29, 1.82) is 0 Å². The predicted octanol–water partition coefficient (Wildman–Crippen LogP) is 3.76. The second-order valence-electron chi connectivity index (χ2n) is 4.78. The Labute approximate surface area is 125 Å². The molecule has 0 saturated carbocycles. The zero-order valence-corrected chi connectivity index (χ0v) is 12.5. The molecule has 5 nitrogen and oxygen atoms in total. The van der Waals surface area contributed by atoms with Crippen molar-refractivity contribution in [2.24, 2.45) is 0 Å². The van der Waals surface area contributed by atoms with Crippen molar-refractivity contribution in [2.45, 2.75) is 33.1 Å². The number of benzene rings is 1. The van der Waals surface area contributed by atoms with E-state index in [0.717, 1.165) is 13.2 Å². The molecule has 0 spiro atoms. The number of rotatable bonds is 3. The van der Waals surface area contributed by atoms with Gasteiger partial charge in [-0.1, -0.05) is 0 Å². The van der Waals surface area contributed by atoms with Gasteiger partial charge >= 0.3 is 18.2 Å². The summed E-state index contributed by atoms with van der Waals surface area (Å²) in [6.45, 7) is 4.37. The molecule has 0 atom stereocenters. The number of carbonyl (C=O) groups excluding carboxylic acids is 2. The quantitative estimate of drug-likeness (QED) is 0.862. The van der Waals surface area contributed by atoms with Gasteiger partial charge in [-0.15, -0.1) is 0 Å². The summed E-state index contributed by atoms with van der Waals surface area (Å²) in [6.07, 6.45) is -6.04. The molecule has 1 amide bonds. The Bertz CT molecular complexity index is 582. The molecular weight excluding hydrogens is 303 g/mol. The number of hydrogen-bond acceptors (Lipinski definition) is 4. The Hall–Kier alpha value is -2.25. The molecule has 0 bridgehead atoms. The van der Waals surface area contributed by atoms with Crippen molar-refractivity contribution in [1.82, 2.24) is 0 Å². The fraction of sp³-hybridized carbons (Fsp3) is 0.429. The van der Waals surface area contributed by atoms with E-state index in [2.05, 4.69) is 10.1 Å². The lowest BCUT2D eigenvalue weighted by atomic mass is 10.0. The monoisotopic (exact) mass is 319 g/mol. The van der Waals surface area contributed by atoms with Crippen LogP contribution in [-0.2, 0) is 15.7 Å². The number of amides is 1. The van der Waals surface area contributed by atoms with Crippen molar-refractivity contribution in [3.8, 4) is 0 Å². The highest BCUT2D eigenvalue weighted by molar-refractivity contribution is 6.00. The average molecular weight is 319 g/mol. The molecule has 0 fully saturated rings. The number of nitrogens with one attached hydrogen (secondary N) is 1. The fourth-order valence-corrected chi connectivity index (χ4v) is 1.75. The molecular formula is C14H16F3NO4. The summed E-state index contributed by atoms with van der Waals surface area (Å²) in [6, 6.07) is 1.70. The summed E-state index contributed by atoms with van der Waals surface area (Å²) in [4.78, 5) is 23.2. The van der Waals surface area contributed by atoms with Gasteiger partial charge in [-0.05, 0) is 38.5 Å². The van der Waals surface area contributed by atoms with Crippen LogP contribution in [0.1, 0.15) is 35.3 Å². The number of alkyl halides is 3. The summed E-state index contributed by atoms with van der Waals surface area (Å²) in [5.74, 6) is -0.864. The minimum Gasteiger partial charge on any atom is -0.465 e. The summed E-state index contributed by atoms with van der Waals surface area (Å²) < 4.78 is 48.1. The number of methoxy groups -OCH3 is 1. The summed E-state index contributed by atoms with van der Waals surface area (Å²) >= 11 is 0. The van der Waals surface area contributed by atoms with E-state index >= 15 is 0 Å². The van der Waals surface area contributed by atoms with Gasteiger partial charge in [-0.3, -0.25) is 5.32 Å². The van der Waals surface area contributed by atoms with E-state index in [9.17, 15) is 22.8 Å². The molecule has 1 aromatic rings. The molecule has 8 heteroatoms. The van der Waals surface area contributed by atoms with Crippen LogP contribution in [0.15, 0.2) is 12.1 Å². The molecule has 0 radical (unpaired) electrons. The fourth-order valence-electron chi connectivity index (χ4n) is 1.75. The van der Waals surface area contributed by atoms with Crippen LogP contribution < -0.4 is 5.32 Å². The largest absolute Gasteiger partial charge is 0.465 e. The average Bonchev–Trinajstić information content (AvgIpc) is 2.37. The van der Waals surface area contributed by atoms with Crippen molar-refractivity contribution in [3.63, 3.8) is 0 Å². The molecule has 1 N–H and O–H groups in total. The maximum atomic E-state index is 12.9. The zero-order chi connectivity index (χ0) is 17.1. The van der Waals surface area contributed by atoms with Crippen LogP contribution >= 0.6 is 0 Å². The van der Waals surface area contributed by atoms with Gasteiger partial charge in [-0.2, -0.15) is 13.2 Å². The van der Waals surface area contributed by atoms with E-state index < -0.39 is 29.9 Å². The Kier molecular flexibility index (Phi) is 5.40. The van der Waals surface area contributed by atoms with Crippen molar-refractivity contribution in [2.75, 3.05) is 12.4 Å². The van der Waals surface area contributed by atoms with Gasteiger partial charge in [0.15, 0.2) is 0 Å². The smallest absolute Gasteiger partial charge is 0.416 e. The number of esters is 1. The Morgan fingerprint density at radius 3 is 2.27 bits per heavy atom. The first kappa shape index (κ1) is 17.8.